The molecule has 0 aliphatic carbocycles. The molecule has 1 aromatic rings. The molecule has 5 heteroatoms. The first-order valence-corrected chi connectivity index (χ1v) is 6.00. The Bertz CT molecular complexity index is 485. The minimum atomic E-state index is -0.667. The molecule has 0 saturated carbocycles. The van der Waals surface area contributed by atoms with E-state index in [4.69, 9.17) is 9.47 Å². The quantitative estimate of drug-likeness (QED) is 0.672. The molecule has 0 saturated heterocycles. The van der Waals surface area contributed by atoms with E-state index in [0.29, 0.717) is 0 Å². The lowest BCUT2D eigenvalue weighted by atomic mass is 9.97. The number of ether oxygens (including phenoxy) is 2. The van der Waals surface area contributed by atoms with Crippen LogP contribution in [0.2, 0.25) is 0 Å². The third-order valence-corrected chi connectivity index (χ3v) is 2.27. The zero-order valence-electron chi connectivity index (χ0n) is 11.5. The van der Waals surface area contributed by atoms with Gasteiger partial charge in [-0.15, -0.1) is 0 Å². The highest BCUT2D eigenvalue weighted by atomic mass is 16.5. The molecule has 0 heterocycles. The van der Waals surface area contributed by atoms with Gasteiger partial charge in [0, 0.05) is 12.5 Å². The fourth-order valence-electron chi connectivity index (χ4n) is 1.10. The molecular formula is C14H18O5. The summed E-state index contributed by atoms with van der Waals surface area (Å²) in [5.74, 6) is -0.866. The van der Waals surface area contributed by atoms with Gasteiger partial charge in [-0.1, -0.05) is 6.92 Å². The Hall–Kier alpha value is -2.04. The fraction of sp³-hybridized carbons (Fsp3) is 0.429. The van der Waals surface area contributed by atoms with Crippen LogP contribution in [0.3, 0.4) is 0 Å². The summed E-state index contributed by atoms with van der Waals surface area (Å²) in [6.45, 7) is 6.80. The van der Waals surface area contributed by atoms with Crippen molar-refractivity contribution >= 4 is 11.9 Å². The molecule has 19 heavy (non-hydrogen) atoms. The van der Waals surface area contributed by atoms with Crippen LogP contribution in [0, 0.1) is 5.41 Å². The van der Waals surface area contributed by atoms with Gasteiger partial charge in [-0.3, -0.25) is 9.59 Å². The van der Waals surface area contributed by atoms with Crippen LogP contribution in [0.25, 0.3) is 0 Å². The van der Waals surface area contributed by atoms with Gasteiger partial charge >= 0.3 is 11.9 Å². The van der Waals surface area contributed by atoms with E-state index in [1.165, 1.54) is 18.2 Å². The van der Waals surface area contributed by atoms with Crippen LogP contribution in [0.5, 0.6) is 17.2 Å². The fourth-order valence-corrected chi connectivity index (χ4v) is 1.10. The monoisotopic (exact) mass is 266 g/mol. The Balaban J connectivity index is 2.83. The van der Waals surface area contributed by atoms with Gasteiger partial charge in [-0.2, -0.15) is 0 Å². The van der Waals surface area contributed by atoms with Gasteiger partial charge < -0.3 is 14.6 Å². The Labute approximate surface area is 112 Å². The third kappa shape index (κ3) is 4.28. The number of phenolic OH excluding ortho intramolecular Hbond substituents is 1. The largest absolute Gasteiger partial charge is 0.504 e. The Morgan fingerprint density at radius 2 is 1.84 bits per heavy atom. The second-order valence-corrected chi connectivity index (χ2v) is 5.10. The van der Waals surface area contributed by atoms with Gasteiger partial charge in [0.25, 0.3) is 0 Å². The van der Waals surface area contributed by atoms with E-state index in [-0.39, 0.29) is 23.7 Å². The smallest absolute Gasteiger partial charge is 0.316 e. The third-order valence-electron chi connectivity index (χ3n) is 2.27. The molecule has 0 spiro atoms. The lowest BCUT2D eigenvalue weighted by Gasteiger charge is -2.17. The molecular weight excluding hydrogens is 248 g/mol. The molecule has 1 N–H and O–H groups in total. The molecule has 0 fully saturated rings. The van der Waals surface area contributed by atoms with E-state index in [9.17, 15) is 14.7 Å². The first-order valence-electron chi connectivity index (χ1n) is 6.00. The summed E-state index contributed by atoms with van der Waals surface area (Å²) in [5, 5.41) is 9.72. The van der Waals surface area contributed by atoms with Crippen molar-refractivity contribution < 1.29 is 24.2 Å². The van der Waals surface area contributed by atoms with Crippen LogP contribution in [-0.2, 0) is 9.59 Å². The summed E-state index contributed by atoms with van der Waals surface area (Å²) in [4.78, 5) is 22.8. The molecule has 0 aliphatic heterocycles. The van der Waals surface area contributed by atoms with Crippen LogP contribution in [0.4, 0.5) is 0 Å². The van der Waals surface area contributed by atoms with Crippen molar-refractivity contribution in [3.8, 4) is 17.2 Å². The maximum Gasteiger partial charge on any atom is 0.316 e. The standard InChI is InChI=1S/C14H18O5/c1-5-12(16)18-9-6-7-11(10(15)8-9)19-13(17)14(2,3)4/h6-8,15H,5H2,1-4H3. The second-order valence-electron chi connectivity index (χ2n) is 5.10. The normalized spacial score (nSPS) is 10.9. The van der Waals surface area contributed by atoms with E-state index in [1.54, 1.807) is 27.7 Å². The van der Waals surface area contributed by atoms with Gasteiger partial charge in [-0.25, -0.2) is 0 Å². The number of esters is 2. The lowest BCUT2D eigenvalue weighted by molar-refractivity contribution is -0.143. The van der Waals surface area contributed by atoms with Crippen LogP contribution in [0.1, 0.15) is 34.1 Å². The van der Waals surface area contributed by atoms with E-state index in [1.807, 2.05) is 0 Å². The predicted octanol–water partition coefficient (Wildman–Crippen LogP) is 2.66. The molecule has 0 amide bonds. The number of carbonyl (C=O) groups excluding carboxylic acids is 2. The van der Waals surface area contributed by atoms with Gasteiger partial charge in [-0.05, 0) is 32.9 Å². The van der Waals surface area contributed by atoms with Crippen molar-refractivity contribution in [3.05, 3.63) is 18.2 Å². The molecule has 0 atom stereocenters. The topological polar surface area (TPSA) is 72.8 Å². The number of hydrogen-bond acceptors (Lipinski definition) is 5. The number of aromatic hydroxyl groups is 1. The van der Waals surface area contributed by atoms with Crippen molar-refractivity contribution in [2.24, 2.45) is 5.41 Å². The average Bonchev–Trinajstić information content (AvgIpc) is 2.31. The van der Waals surface area contributed by atoms with Gasteiger partial charge in [0.15, 0.2) is 11.5 Å². The van der Waals surface area contributed by atoms with Crippen LogP contribution in [-0.4, -0.2) is 17.0 Å². The molecule has 1 rings (SSSR count). The number of carbonyl (C=O) groups is 2. The number of benzene rings is 1. The number of hydrogen-bond donors (Lipinski definition) is 1. The van der Waals surface area contributed by atoms with Crippen LogP contribution < -0.4 is 9.47 Å². The summed E-state index contributed by atoms with van der Waals surface area (Å²) in [5.41, 5.74) is -0.667. The predicted molar refractivity (Wildman–Crippen MR) is 69.1 cm³/mol. The van der Waals surface area contributed by atoms with E-state index in [0.717, 1.165) is 0 Å². The van der Waals surface area contributed by atoms with Crippen LogP contribution >= 0.6 is 0 Å². The Morgan fingerprint density at radius 3 is 2.32 bits per heavy atom. The number of rotatable bonds is 3. The number of phenols is 1. The minimum absolute atomic E-state index is 0.0382. The molecule has 5 nitrogen and oxygen atoms in total. The Morgan fingerprint density at radius 1 is 1.21 bits per heavy atom. The maximum atomic E-state index is 11.7. The summed E-state index contributed by atoms with van der Waals surface area (Å²) in [6, 6.07) is 4.08. The van der Waals surface area contributed by atoms with Crippen molar-refractivity contribution in [2.75, 3.05) is 0 Å². The highest BCUT2D eigenvalue weighted by Gasteiger charge is 2.24. The van der Waals surface area contributed by atoms with Gasteiger partial charge in [0.2, 0.25) is 0 Å². The second kappa shape index (κ2) is 5.73. The molecule has 0 bridgehead atoms. The maximum absolute atomic E-state index is 11.7. The summed E-state index contributed by atoms with van der Waals surface area (Å²) in [7, 11) is 0. The average molecular weight is 266 g/mol. The molecule has 0 radical (unpaired) electrons. The van der Waals surface area contributed by atoms with E-state index < -0.39 is 17.4 Å². The molecule has 104 valence electrons. The summed E-state index contributed by atoms with van der Waals surface area (Å²) < 4.78 is 10.00. The first-order chi connectivity index (χ1) is 8.74. The SMILES string of the molecule is CCC(=O)Oc1ccc(OC(=O)C(C)(C)C)c(O)c1. The molecule has 0 aliphatic rings. The van der Waals surface area contributed by atoms with Crippen molar-refractivity contribution in [2.45, 2.75) is 34.1 Å². The van der Waals surface area contributed by atoms with Crippen molar-refractivity contribution in [1.29, 1.82) is 0 Å². The Kier molecular flexibility index (Phi) is 4.53. The van der Waals surface area contributed by atoms with Crippen LogP contribution in [0.15, 0.2) is 18.2 Å². The van der Waals surface area contributed by atoms with E-state index >= 15 is 0 Å². The highest BCUT2D eigenvalue weighted by Crippen LogP contribution is 2.32. The van der Waals surface area contributed by atoms with Crippen molar-refractivity contribution in [3.63, 3.8) is 0 Å². The van der Waals surface area contributed by atoms with Gasteiger partial charge in [0.1, 0.15) is 5.75 Å². The first kappa shape index (κ1) is 15.0. The highest BCUT2D eigenvalue weighted by molar-refractivity contribution is 5.78. The van der Waals surface area contributed by atoms with Crippen molar-refractivity contribution in [1.82, 2.24) is 0 Å². The molecule has 0 unspecified atom stereocenters. The van der Waals surface area contributed by atoms with E-state index in [2.05, 4.69) is 0 Å². The summed E-state index contributed by atoms with van der Waals surface area (Å²) in [6.07, 6.45) is 0.238. The zero-order chi connectivity index (χ0) is 14.6. The minimum Gasteiger partial charge on any atom is -0.504 e. The molecule has 1 aromatic carbocycles. The summed E-state index contributed by atoms with van der Waals surface area (Å²) >= 11 is 0. The van der Waals surface area contributed by atoms with Gasteiger partial charge in [0.05, 0.1) is 5.41 Å². The zero-order valence-corrected chi connectivity index (χ0v) is 11.5. The molecule has 0 aromatic heterocycles. The lowest BCUT2D eigenvalue weighted by Crippen LogP contribution is -2.25.